The van der Waals surface area contributed by atoms with Crippen molar-refractivity contribution >= 4 is 16.7 Å². The minimum atomic E-state index is -0.558. The van der Waals surface area contributed by atoms with Crippen LogP contribution >= 0.6 is 0 Å². The predicted octanol–water partition coefficient (Wildman–Crippen LogP) is 3.25. The molecule has 1 aromatic heterocycles. The van der Waals surface area contributed by atoms with E-state index in [2.05, 4.69) is 5.32 Å². The van der Waals surface area contributed by atoms with Gasteiger partial charge in [-0.25, -0.2) is 0 Å². The molecule has 1 aliphatic rings. The molecule has 1 unspecified atom stereocenters. The highest BCUT2D eigenvalue weighted by Gasteiger charge is 2.26. The van der Waals surface area contributed by atoms with Gasteiger partial charge >= 0.3 is 0 Å². The third-order valence-corrected chi connectivity index (χ3v) is 4.88. The first-order valence-electron chi connectivity index (χ1n) is 9.19. The van der Waals surface area contributed by atoms with Gasteiger partial charge in [-0.15, -0.1) is 0 Å². The van der Waals surface area contributed by atoms with E-state index in [1.54, 1.807) is 24.6 Å². The highest BCUT2D eigenvalue weighted by molar-refractivity contribution is 6.00. The Morgan fingerprint density at radius 2 is 1.85 bits per heavy atom. The predicted molar refractivity (Wildman–Crippen MR) is 106 cm³/mol. The average molecular weight is 362 g/mol. The first kappa shape index (κ1) is 17.3. The summed E-state index contributed by atoms with van der Waals surface area (Å²) >= 11 is 0. The zero-order valence-corrected chi connectivity index (χ0v) is 15.4. The molecule has 138 valence electrons. The quantitative estimate of drug-likeness (QED) is 0.758. The van der Waals surface area contributed by atoms with Crippen molar-refractivity contribution in [2.45, 2.75) is 31.9 Å². The average Bonchev–Trinajstić information content (AvgIpc) is 3.48. The van der Waals surface area contributed by atoms with Crippen LogP contribution in [0.4, 0.5) is 0 Å². The minimum absolute atomic E-state index is 0.0430. The molecule has 2 aromatic carbocycles. The van der Waals surface area contributed by atoms with E-state index in [1.165, 1.54) is 0 Å². The molecule has 3 aromatic rings. The van der Waals surface area contributed by atoms with E-state index >= 15 is 0 Å². The molecule has 0 saturated heterocycles. The van der Waals surface area contributed by atoms with E-state index in [1.807, 2.05) is 48.7 Å². The number of ether oxygens (including phenoxy) is 1. The van der Waals surface area contributed by atoms with Gasteiger partial charge < -0.3 is 14.6 Å². The molecule has 1 fully saturated rings. The summed E-state index contributed by atoms with van der Waals surface area (Å²) in [5.74, 6) is 0.598. The summed E-state index contributed by atoms with van der Waals surface area (Å²) in [6, 6.07) is 15.5. The van der Waals surface area contributed by atoms with E-state index in [-0.39, 0.29) is 11.5 Å². The van der Waals surface area contributed by atoms with Crippen LogP contribution in [0.5, 0.6) is 5.75 Å². The van der Waals surface area contributed by atoms with Gasteiger partial charge in [0.25, 0.3) is 5.91 Å². The molecular weight excluding hydrogens is 340 g/mol. The van der Waals surface area contributed by atoms with Crippen LogP contribution in [0, 0.1) is 0 Å². The molecule has 0 spiro atoms. The van der Waals surface area contributed by atoms with E-state index < -0.39 is 6.10 Å². The molecule has 1 atom stereocenters. The van der Waals surface area contributed by atoms with Crippen LogP contribution in [0.2, 0.25) is 0 Å². The largest absolute Gasteiger partial charge is 0.480 e. The number of aromatic nitrogens is 1. The van der Waals surface area contributed by atoms with Crippen molar-refractivity contribution in [3.05, 3.63) is 65.1 Å². The normalized spacial score (nSPS) is 14.7. The number of hydrogen-bond donors (Lipinski definition) is 1. The summed E-state index contributed by atoms with van der Waals surface area (Å²) in [7, 11) is 1.74. The number of pyridine rings is 1. The van der Waals surface area contributed by atoms with E-state index in [9.17, 15) is 9.59 Å². The fourth-order valence-corrected chi connectivity index (χ4v) is 3.17. The maximum Gasteiger partial charge on any atom is 0.260 e. The molecule has 4 rings (SSSR count). The van der Waals surface area contributed by atoms with Crippen molar-refractivity contribution in [3.8, 4) is 16.9 Å². The zero-order valence-electron chi connectivity index (χ0n) is 15.4. The molecule has 0 radical (unpaired) electrons. The highest BCUT2D eigenvalue weighted by Crippen LogP contribution is 2.34. The third-order valence-electron chi connectivity index (χ3n) is 4.88. The van der Waals surface area contributed by atoms with Gasteiger partial charge in [-0.2, -0.15) is 0 Å². The van der Waals surface area contributed by atoms with Gasteiger partial charge in [0.1, 0.15) is 5.75 Å². The molecule has 5 nitrogen and oxygen atoms in total. The molecule has 27 heavy (non-hydrogen) atoms. The summed E-state index contributed by atoms with van der Waals surface area (Å²) in [5, 5.41) is 4.93. The van der Waals surface area contributed by atoms with Crippen LogP contribution in [-0.4, -0.2) is 22.6 Å². The molecule has 1 amide bonds. The minimum Gasteiger partial charge on any atom is -0.480 e. The van der Waals surface area contributed by atoms with Gasteiger partial charge in [0.2, 0.25) is 5.56 Å². The van der Waals surface area contributed by atoms with Gasteiger partial charge in [0.15, 0.2) is 6.10 Å². The number of carbonyl (C=O) groups excluding carboxylic acids is 1. The van der Waals surface area contributed by atoms with Gasteiger partial charge in [0.05, 0.1) is 0 Å². The summed E-state index contributed by atoms with van der Waals surface area (Å²) in [5.41, 5.74) is 1.93. The van der Waals surface area contributed by atoms with Crippen molar-refractivity contribution < 1.29 is 9.53 Å². The number of aryl methyl sites for hydroxylation is 1. The first-order chi connectivity index (χ1) is 13.0. The Bertz CT molecular complexity index is 1070. The number of amides is 1. The van der Waals surface area contributed by atoms with Crippen LogP contribution in [0.15, 0.2) is 59.5 Å². The van der Waals surface area contributed by atoms with E-state index in [0.717, 1.165) is 34.7 Å². The second-order valence-electron chi connectivity index (χ2n) is 7.07. The smallest absolute Gasteiger partial charge is 0.260 e. The number of nitrogens with one attached hydrogen (secondary N) is 1. The van der Waals surface area contributed by atoms with Crippen LogP contribution < -0.4 is 15.6 Å². The molecule has 1 heterocycles. The highest BCUT2D eigenvalue weighted by atomic mass is 16.5. The van der Waals surface area contributed by atoms with Crippen molar-refractivity contribution in [2.75, 3.05) is 0 Å². The number of nitrogens with zero attached hydrogens (tertiary/aromatic N) is 1. The number of carbonyl (C=O) groups is 1. The molecule has 0 bridgehead atoms. The SMILES string of the molecule is CC(Oc1ccc(-c2ccc(=O)n(C)c2)c2ccccc12)C(=O)NC1CC1. The van der Waals surface area contributed by atoms with Crippen molar-refractivity contribution in [1.29, 1.82) is 0 Å². The lowest BCUT2D eigenvalue weighted by Crippen LogP contribution is -2.37. The lowest BCUT2D eigenvalue weighted by molar-refractivity contribution is -0.127. The number of hydrogen-bond acceptors (Lipinski definition) is 3. The van der Waals surface area contributed by atoms with Gasteiger partial charge in [-0.1, -0.05) is 24.3 Å². The Balaban J connectivity index is 1.70. The summed E-state index contributed by atoms with van der Waals surface area (Å²) in [6.07, 6.45) is 3.37. The van der Waals surface area contributed by atoms with E-state index in [4.69, 9.17) is 4.74 Å². The van der Waals surface area contributed by atoms with Gasteiger partial charge in [-0.05, 0) is 54.5 Å². The topological polar surface area (TPSA) is 60.3 Å². The lowest BCUT2D eigenvalue weighted by atomic mass is 9.98. The maximum absolute atomic E-state index is 12.2. The van der Waals surface area contributed by atoms with Crippen molar-refractivity contribution in [3.63, 3.8) is 0 Å². The summed E-state index contributed by atoms with van der Waals surface area (Å²) < 4.78 is 7.55. The molecular formula is C22H22N2O3. The Labute approximate surface area is 157 Å². The van der Waals surface area contributed by atoms with Crippen LogP contribution in [0.25, 0.3) is 21.9 Å². The number of benzene rings is 2. The first-order valence-corrected chi connectivity index (χ1v) is 9.19. The Hall–Kier alpha value is -3.08. The Kier molecular flexibility index (Phi) is 4.44. The third kappa shape index (κ3) is 3.58. The number of fused-ring (bicyclic) bond motifs is 1. The maximum atomic E-state index is 12.2. The lowest BCUT2D eigenvalue weighted by Gasteiger charge is -2.17. The van der Waals surface area contributed by atoms with Gasteiger partial charge in [-0.3, -0.25) is 9.59 Å². The monoisotopic (exact) mass is 362 g/mol. The van der Waals surface area contributed by atoms with E-state index in [0.29, 0.717) is 11.8 Å². The van der Waals surface area contributed by atoms with Crippen LogP contribution in [0.1, 0.15) is 19.8 Å². The van der Waals surface area contributed by atoms with Gasteiger partial charge in [0, 0.05) is 30.7 Å². The Morgan fingerprint density at radius 1 is 1.11 bits per heavy atom. The van der Waals surface area contributed by atoms with Crippen molar-refractivity contribution in [2.24, 2.45) is 7.05 Å². The summed E-state index contributed by atoms with van der Waals surface area (Å²) in [4.78, 5) is 23.9. The zero-order chi connectivity index (χ0) is 19.0. The Morgan fingerprint density at radius 3 is 2.56 bits per heavy atom. The second-order valence-corrected chi connectivity index (χ2v) is 7.07. The second kappa shape index (κ2) is 6.91. The molecule has 5 heteroatoms. The fourth-order valence-electron chi connectivity index (χ4n) is 3.17. The molecule has 1 saturated carbocycles. The fraction of sp³-hybridized carbons (Fsp3) is 0.273. The summed E-state index contributed by atoms with van der Waals surface area (Å²) in [6.45, 7) is 1.77. The van der Waals surface area contributed by atoms with Crippen molar-refractivity contribution in [1.82, 2.24) is 9.88 Å². The molecule has 0 aliphatic heterocycles. The molecule has 1 N–H and O–H groups in total. The van der Waals surface area contributed by atoms with Crippen LogP contribution in [-0.2, 0) is 11.8 Å². The standard InChI is InChI=1S/C22H22N2O3/c1-14(22(26)23-16-8-9-16)27-20-11-10-17(18-5-3-4-6-19(18)20)15-7-12-21(25)24(2)13-15/h3-7,10-14,16H,8-9H2,1-2H3,(H,23,26). The number of rotatable bonds is 5. The molecule has 1 aliphatic carbocycles. The van der Waals surface area contributed by atoms with Crippen LogP contribution in [0.3, 0.4) is 0 Å².